The van der Waals surface area contributed by atoms with Crippen LogP contribution < -0.4 is 0 Å². The second-order valence-electron chi connectivity index (χ2n) is 4.73. The predicted octanol–water partition coefficient (Wildman–Crippen LogP) is 4.36. The molecule has 0 fully saturated rings. The number of pyridine rings is 1. The molecule has 0 atom stereocenters. The van der Waals surface area contributed by atoms with E-state index in [1.165, 1.54) is 18.3 Å². The number of nitro benzene ring substituents is 1. The Balaban J connectivity index is 2.07. The van der Waals surface area contributed by atoms with Crippen LogP contribution >= 0.6 is 15.9 Å². The number of aliphatic imine (C=N–C) groups is 1. The highest BCUT2D eigenvalue weighted by molar-refractivity contribution is 9.10. The molecule has 0 spiro atoms. The zero-order valence-corrected chi connectivity index (χ0v) is 13.3. The average Bonchev–Trinajstić information content (AvgIpc) is 2.55. The van der Waals surface area contributed by atoms with Gasteiger partial charge in [-0.25, -0.2) is 0 Å². The van der Waals surface area contributed by atoms with Crippen LogP contribution in [0.25, 0.3) is 10.9 Å². The first-order chi connectivity index (χ1) is 11.1. The molecule has 0 amide bonds. The SMILES string of the molecule is O=[N+]([O-])c1cc(Br)c(O)c(/C=N/c2cccc3cccnc23)c1. The smallest absolute Gasteiger partial charge is 0.271 e. The molecule has 1 heterocycles. The molecule has 1 aromatic heterocycles. The molecule has 0 unspecified atom stereocenters. The number of non-ortho nitro benzene ring substituents is 1. The Hall–Kier alpha value is -2.80. The van der Waals surface area contributed by atoms with Crippen LogP contribution in [0.5, 0.6) is 5.75 Å². The zero-order valence-electron chi connectivity index (χ0n) is 11.7. The lowest BCUT2D eigenvalue weighted by Crippen LogP contribution is -1.92. The lowest BCUT2D eigenvalue weighted by Gasteiger charge is -2.03. The van der Waals surface area contributed by atoms with Crippen molar-refractivity contribution in [2.45, 2.75) is 0 Å². The molecule has 3 rings (SSSR count). The third kappa shape index (κ3) is 3.04. The molecule has 0 radical (unpaired) electrons. The number of hydrogen-bond acceptors (Lipinski definition) is 5. The van der Waals surface area contributed by atoms with Gasteiger partial charge in [-0.3, -0.25) is 20.1 Å². The van der Waals surface area contributed by atoms with Crippen LogP contribution in [-0.2, 0) is 0 Å². The van der Waals surface area contributed by atoms with E-state index >= 15 is 0 Å². The maximum atomic E-state index is 10.9. The first-order valence-electron chi connectivity index (χ1n) is 6.61. The molecular formula is C16H10BrN3O3. The van der Waals surface area contributed by atoms with Crippen molar-refractivity contribution in [3.05, 3.63) is 68.8 Å². The maximum absolute atomic E-state index is 10.9. The molecule has 114 valence electrons. The topological polar surface area (TPSA) is 88.6 Å². The van der Waals surface area contributed by atoms with E-state index in [1.807, 2.05) is 24.3 Å². The number of hydrogen-bond donors (Lipinski definition) is 1. The first kappa shape index (κ1) is 15.1. The van der Waals surface area contributed by atoms with Crippen LogP contribution in [0.1, 0.15) is 5.56 Å². The summed E-state index contributed by atoms with van der Waals surface area (Å²) in [6, 6.07) is 11.8. The van der Waals surface area contributed by atoms with E-state index < -0.39 is 4.92 Å². The summed E-state index contributed by atoms with van der Waals surface area (Å²) in [5.74, 6) is -0.104. The second-order valence-corrected chi connectivity index (χ2v) is 5.59. The molecule has 6 nitrogen and oxygen atoms in total. The van der Waals surface area contributed by atoms with Crippen molar-refractivity contribution in [2.24, 2.45) is 4.99 Å². The van der Waals surface area contributed by atoms with Crippen molar-refractivity contribution in [3.63, 3.8) is 0 Å². The molecule has 0 saturated carbocycles. The Morgan fingerprint density at radius 3 is 2.83 bits per heavy atom. The third-order valence-electron chi connectivity index (χ3n) is 3.24. The number of para-hydroxylation sites is 1. The zero-order chi connectivity index (χ0) is 16.4. The van der Waals surface area contributed by atoms with Gasteiger partial charge in [0.1, 0.15) is 5.75 Å². The number of phenols is 1. The van der Waals surface area contributed by atoms with Crippen LogP contribution in [0, 0.1) is 10.1 Å². The van der Waals surface area contributed by atoms with Crippen LogP contribution in [0.4, 0.5) is 11.4 Å². The Morgan fingerprint density at radius 1 is 1.26 bits per heavy atom. The van der Waals surface area contributed by atoms with Crippen molar-refractivity contribution < 1.29 is 10.0 Å². The summed E-state index contributed by atoms with van der Waals surface area (Å²) in [4.78, 5) is 19.0. The number of halogens is 1. The number of rotatable bonds is 3. The van der Waals surface area contributed by atoms with Crippen molar-refractivity contribution in [2.75, 3.05) is 0 Å². The highest BCUT2D eigenvalue weighted by atomic mass is 79.9. The van der Waals surface area contributed by atoms with E-state index in [4.69, 9.17) is 0 Å². The summed E-state index contributed by atoms with van der Waals surface area (Å²) in [6.07, 6.45) is 3.05. The number of aromatic nitrogens is 1. The Morgan fingerprint density at radius 2 is 2.04 bits per heavy atom. The van der Waals surface area contributed by atoms with Gasteiger partial charge >= 0.3 is 0 Å². The molecule has 1 N–H and O–H groups in total. The summed E-state index contributed by atoms with van der Waals surface area (Å²) in [6.45, 7) is 0. The van der Waals surface area contributed by atoms with E-state index in [2.05, 4.69) is 25.9 Å². The van der Waals surface area contributed by atoms with Crippen LogP contribution in [-0.4, -0.2) is 21.2 Å². The summed E-state index contributed by atoms with van der Waals surface area (Å²) in [7, 11) is 0. The molecular weight excluding hydrogens is 362 g/mol. The Bertz CT molecular complexity index is 936. The quantitative estimate of drug-likeness (QED) is 0.420. The summed E-state index contributed by atoms with van der Waals surface area (Å²) in [5, 5.41) is 21.9. The van der Waals surface area contributed by atoms with Gasteiger partial charge in [0.05, 0.1) is 20.6 Å². The minimum Gasteiger partial charge on any atom is -0.506 e. The molecule has 7 heteroatoms. The summed E-state index contributed by atoms with van der Waals surface area (Å²) < 4.78 is 0.240. The van der Waals surface area contributed by atoms with Gasteiger partial charge in [-0.2, -0.15) is 0 Å². The lowest BCUT2D eigenvalue weighted by molar-refractivity contribution is -0.385. The molecule has 2 aromatic carbocycles. The van der Waals surface area contributed by atoms with Crippen LogP contribution in [0.3, 0.4) is 0 Å². The van der Waals surface area contributed by atoms with Crippen molar-refractivity contribution in [3.8, 4) is 5.75 Å². The molecule has 0 bridgehead atoms. The van der Waals surface area contributed by atoms with Crippen molar-refractivity contribution in [1.82, 2.24) is 4.98 Å². The highest BCUT2D eigenvalue weighted by Crippen LogP contribution is 2.32. The average molecular weight is 372 g/mol. The fraction of sp³-hybridized carbons (Fsp3) is 0. The molecule has 0 aliphatic carbocycles. The predicted molar refractivity (Wildman–Crippen MR) is 91.5 cm³/mol. The van der Waals surface area contributed by atoms with Gasteiger partial charge in [0, 0.05) is 35.5 Å². The van der Waals surface area contributed by atoms with Gasteiger partial charge in [-0.15, -0.1) is 0 Å². The fourth-order valence-corrected chi connectivity index (χ4v) is 2.60. The van der Waals surface area contributed by atoms with Crippen molar-refractivity contribution in [1.29, 1.82) is 0 Å². The standard InChI is InChI=1S/C16H10BrN3O3/c17-13-8-12(20(22)23)7-11(16(13)21)9-19-14-5-1-3-10-4-2-6-18-15(10)14/h1-9,21H/b19-9+. The number of aromatic hydroxyl groups is 1. The van der Waals surface area contributed by atoms with E-state index in [1.54, 1.807) is 12.3 Å². The second kappa shape index (κ2) is 6.13. The van der Waals surface area contributed by atoms with Gasteiger partial charge in [0.2, 0.25) is 0 Å². The number of fused-ring (bicyclic) bond motifs is 1. The normalized spacial score (nSPS) is 11.2. The number of benzene rings is 2. The Kier molecular flexibility index (Phi) is 4.03. The number of nitrogens with zero attached hydrogens (tertiary/aromatic N) is 3. The van der Waals surface area contributed by atoms with Gasteiger partial charge in [-0.1, -0.05) is 18.2 Å². The highest BCUT2D eigenvalue weighted by Gasteiger charge is 2.13. The van der Waals surface area contributed by atoms with Gasteiger partial charge in [0.25, 0.3) is 5.69 Å². The lowest BCUT2D eigenvalue weighted by atomic mass is 10.2. The minimum atomic E-state index is -0.527. The molecule has 0 aliphatic heterocycles. The first-order valence-corrected chi connectivity index (χ1v) is 7.40. The summed E-state index contributed by atoms with van der Waals surface area (Å²) >= 11 is 3.10. The van der Waals surface area contributed by atoms with Crippen molar-refractivity contribution >= 4 is 44.4 Å². The summed E-state index contributed by atoms with van der Waals surface area (Å²) in [5.41, 5.74) is 1.45. The van der Waals surface area contributed by atoms with Crippen LogP contribution in [0.2, 0.25) is 0 Å². The maximum Gasteiger partial charge on any atom is 0.271 e. The van der Waals surface area contributed by atoms with Crippen LogP contribution in [0.15, 0.2) is 58.1 Å². The largest absolute Gasteiger partial charge is 0.506 e. The minimum absolute atomic E-state index is 0.104. The van der Waals surface area contributed by atoms with Gasteiger partial charge < -0.3 is 5.11 Å². The number of phenolic OH excluding ortho intramolecular Hbond substituents is 1. The van der Waals surface area contributed by atoms with E-state index in [9.17, 15) is 15.2 Å². The molecule has 0 saturated heterocycles. The van der Waals surface area contributed by atoms with E-state index in [-0.39, 0.29) is 21.5 Å². The van der Waals surface area contributed by atoms with Gasteiger partial charge in [-0.05, 0) is 28.1 Å². The van der Waals surface area contributed by atoms with E-state index in [0.29, 0.717) is 5.69 Å². The van der Waals surface area contributed by atoms with Gasteiger partial charge in [0.15, 0.2) is 0 Å². The Labute approximate surface area is 139 Å². The molecule has 23 heavy (non-hydrogen) atoms. The third-order valence-corrected chi connectivity index (χ3v) is 3.85. The molecule has 0 aliphatic rings. The fourth-order valence-electron chi connectivity index (χ4n) is 2.14. The number of nitro groups is 1. The molecule has 3 aromatic rings. The van der Waals surface area contributed by atoms with E-state index in [0.717, 1.165) is 10.9 Å². The monoisotopic (exact) mass is 371 g/mol.